The molecule has 1 amide bonds. The number of nitrogens with two attached hydrogens (primary N) is 1. The predicted molar refractivity (Wildman–Crippen MR) is 85.7 cm³/mol. The zero-order chi connectivity index (χ0) is 18.0. The van der Waals surface area contributed by atoms with Crippen molar-refractivity contribution in [3.8, 4) is 5.69 Å². The fourth-order valence-corrected chi connectivity index (χ4v) is 2.67. The van der Waals surface area contributed by atoms with Gasteiger partial charge in [0.15, 0.2) is 0 Å². The second-order valence-electron chi connectivity index (χ2n) is 5.54. The highest BCUT2D eigenvalue weighted by atomic mass is 19.1. The summed E-state index contributed by atoms with van der Waals surface area (Å²) in [5, 5.41) is 0. The van der Waals surface area contributed by atoms with E-state index in [9.17, 15) is 18.4 Å². The van der Waals surface area contributed by atoms with Crippen molar-refractivity contribution in [1.82, 2.24) is 9.55 Å². The maximum Gasteiger partial charge on any atom is 0.260 e. The molecule has 0 aliphatic carbocycles. The predicted octanol–water partition coefficient (Wildman–Crippen LogP) is 0.375. The summed E-state index contributed by atoms with van der Waals surface area (Å²) in [7, 11) is 0. The minimum atomic E-state index is -0.936. The van der Waals surface area contributed by atoms with Gasteiger partial charge in [-0.05, 0) is 12.1 Å². The summed E-state index contributed by atoms with van der Waals surface area (Å²) in [5.41, 5.74) is 4.45. The monoisotopic (exact) mass is 350 g/mol. The Hall–Kier alpha value is -2.81. The van der Waals surface area contributed by atoms with Gasteiger partial charge in [0, 0.05) is 25.2 Å². The lowest BCUT2D eigenvalue weighted by Crippen LogP contribution is -2.38. The standard InChI is InChI=1S/C16H16F2N4O3/c17-10-1-2-12(11(18)7-10)22-15(8-13(19)23)20-14(9-16(22)24)21-3-5-25-6-4-21/h1-2,7,9H,3-6,8H2,(H2,19,23). The van der Waals surface area contributed by atoms with Gasteiger partial charge in [-0.25, -0.2) is 13.8 Å². The third kappa shape index (κ3) is 3.66. The molecule has 1 saturated heterocycles. The van der Waals surface area contributed by atoms with Gasteiger partial charge in [-0.1, -0.05) is 0 Å². The molecule has 7 nitrogen and oxygen atoms in total. The third-order valence-corrected chi connectivity index (χ3v) is 3.79. The second-order valence-corrected chi connectivity index (χ2v) is 5.54. The molecule has 2 N–H and O–H groups in total. The molecule has 0 radical (unpaired) electrons. The van der Waals surface area contributed by atoms with E-state index in [1.54, 1.807) is 0 Å². The van der Waals surface area contributed by atoms with E-state index >= 15 is 0 Å². The number of carbonyl (C=O) groups is 1. The van der Waals surface area contributed by atoms with E-state index in [4.69, 9.17) is 10.5 Å². The molecule has 1 aromatic carbocycles. The van der Waals surface area contributed by atoms with Gasteiger partial charge >= 0.3 is 0 Å². The zero-order valence-electron chi connectivity index (χ0n) is 13.2. The number of halogens is 2. The zero-order valence-corrected chi connectivity index (χ0v) is 13.2. The van der Waals surface area contributed by atoms with Crippen molar-refractivity contribution < 1.29 is 18.3 Å². The molecular weight excluding hydrogens is 334 g/mol. The van der Waals surface area contributed by atoms with Crippen LogP contribution in [0, 0.1) is 11.6 Å². The Morgan fingerprint density at radius 1 is 1.24 bits per heavy atom. The number of benzene rings is 1. The number of ether oxygens (including phenoxy) is 1. The van der Waals surface area contributed by atoms with E-state index in [0.29, 0.717) is 38.2 Å². The molecule has 0 atom stereocenters. The Morgan fingerprint density at radius 2 is 1.96 bits per heavy atom. The Labute approximate surface area is 141 Å². The normalized spacial score (nSPS) is 14.6. The minimum Gasteiger partial charge on any atom is -0.378 e. The van der Waals surface area contributed by atoms with Crippen LogP contribution in [0.4, 0.5) is 14.6 Å². The average molecular weight is 350 g/mol. The van der Waals surface area contributed by atoms with Crippen molar-refractivity contribution in [3.63, 3.8) is 0 Å². The number of amides is 1. The lowest BCUT2D eigenvalue weighted by Gasteiger charge is -2.28. The Bertz CT molecular complexity index is 863. The van der Waals surface area contributed by atoms with Crippen LogP contribution in [0.15, 0.2) is 29.1 Å². The van der Waals surface area contributed by atoms with E-state index in [-0.39, 0.29) is 17.9 Å². The molecule has 1 aliphatic heterocycles. The Kier molecular flexibility index (Phi) is 4.75. The number of nitrogens with zero attached hydrogens (tertiary/aromatic N) is 3. The lowest BCUT2D eigenvalue weighted by molar-refractivity contribution is -0.117. The number of rotatable bonds is 4. The van der Waals surface area contributed by atoms with Crippen LogP contribution in [-0.4, -0.2) is 41.8 Å². The van der Waals surface area contributed by atoms with Crippen molar-refractivity contribution in [2.45, 2.75) is 6.42 Å². The smallest absolute Gasteiger partial charge is 0.260 e. The molecule has 1 aromatic heterocycles. The van der Waals surface area contributed by atoms with E-state index in [0.717, 1.165) is 16.7 Å². The number of primary amides is 1. The number of hydrogen-bond acceptors (Lipinski definition) is 5. The molecule has 132 valence electrons. The van der Waals surface area contributed by atoms with Crippen LogP contribution >= 0.6 is 0 Å². The molecule has 2 aromatic rings. The van der Waals surface area contributed by atoms with E-state index in [1.807, 2.05) is 4.90 Å². The molecule has 3 rings (SSSR count). The highest BCUT2D eigenvalue weighted by Crippen LogP contribution is 2.18. The van der Waals surface area contributed by atoms with Crippen LogP contribution in [0.5, 0.6) is 0 Å². The summed E-state index contributed by atoms with van der Waals surface area (Å²) < 4.78 is 33.5. The first-order chi connectivity index (χ1) is 12.0. The van der Waals surface area contributed by atoms with E-state index in [1.165, 1.54) is 6.07 Å². The molecule has 25 heavy (non-hydrogen) atoms. The first-order valence-corrected chi connectivity index (χ1v) is 7.65. The number of morpholine rings is 1. The molecule has 0 spiro atoms. The van der Waals surface area contributed by atoms with Gasteiger partial charge in [0.25, 0.3) is 5.56 Å². The second kappa shape index (κ2) is 6.98. The fourth-order valence-electron chi connectivity index (χ4n) is 2.67. The van der Waals surface area contributed by atoms with Crippen molar-refractivity contribution >= 4 is 11.7 Å². The number of aromatic nitrogens is 2. The van der Waals surface area contributed by atoms with Crippen LogP contribution in [0.1, 0.15) is 5.82 Å². The largest absolute Gasteiger partial charge is 0.378 e. The maximum absolute atomic E-state index is 14.1. The van der Waals surface area contributed by atoms with E-state index < -0.39 is 23.1 Å². The number of carbonyl (C=O) groups excluding carboxylic acids is 1. The van der Waals surface area contributed by atoms with Gasteiger partial charge in [0.1, 0.15) is 23.3 Å². The van der Waals surface area contributed by atoms with Crippen LogP contribution in [-0.2, 0) is 16.0 Å². The SMILES string of the molecule is NC(=O)Cc1nc(N2CCOCC2)cc(=O)n1-c1ccc(F)cc1F. The summed E-state index contributed by atoms with van der Waals surface area (Å²) in [6.07, 6.45) is -0.357. The molecule has 0 saturated carbocycles. The summed E-state index contributed by atoms with van der Waals surface area (Å²) in [6, 6.07) is 4.05. The quantitative estimate of drug-likeness (QED) is 0.861. The van der Waals surface area contributed by atoms with Crippen LogP contribution in [0.25, 0.3) is 5.69 Å². The number of hydrogen-bond donors (Lipinski definition) is 1. The van der Waals surface area contributed by atoms with Gasteiger partial charge in [-0.3, -0.25) is 14.2 Å². The number of anilines is 1. The summed E-state index contributed by atoms with van der Waals surface area (Å²) in [5.74, 6) is -2.07. The summed E-state index contributed by atoms with van der Waals surface area (Å²) in [4.78, 5) is 30.1. The topological polar surface area (TPSA) is 90.5 Å². The average Bonchev–Trinajstić information content (AvgIpc) is 2.56. The van der Waals surface area contributed by atoms with Crippen molar-refractivity contribution in [1.29, 1.82) is 0 Å². The highest BCUT2D eigenvalue weighted by Gasteiger charge is 2.19. The lowest BCUT2D eigenvalue weighted by atomic mass is 10.2. The van der Waals surface area contributed by atoms with Gasteiger partial charge in [-0.2, -0.15) is 0 Å². The van der Waals surface area contributed by atoms with Gasteiger partial charge in [0.2, 0.25) is 5.91 Å². The van der Waals surface area contributed by atoms with Crippen LogP contribution in [0.3, 0.4) is 0 Å². The first kappa shape index (κ1) is 17.0. The molecule has 1 aliphatic rings. The summed E-state index contributed by atoms with van der Waals surface area (Å²) in [6.45, 7) is 2.06. The van der Waals surface area contributed by atoms with E-state index in [2.05, 4.69) is 4.98 Å². The molecule has 2 heterocycles. The van der Waals surface area contributed by atoms with Crippen molar-refractivity contribution in [2.24, 2.45) is 5.73 Å². The van der Waals surface area contributed by atoms with Crippen LogP contribution in [0.2, 0.25) is 0 Å². The Balaban J connectivity index is 2.13. The molecule has 0 unspecified atom stereocenters. The van der Waals surface area contributed by atoms with Gasteiger partial charge in [0.05, 0.1) is 25.3 Å². The van der Waals surface area contributed by atoms with Gasteiger partial charge < -0.3 is 15.4 Å². The molecule has 0 bridgehead atoms. The minimum absolute atomic E-state index is 0.00741. The molecule has 1 fully saturated rings. The Morgan fingerprint density at radius 3 is 2.60 bits per heavy atom. The third-order valence-electron chi connectivity index (χ3n) is 3.79. The van der Waals surface area contributed by atoms with Crippen LogP contribution < -0.4 is 16.2 Å². The van der Waals surface area contributed by atoms with Crippen molar-refractivity contribution in [3.05, 3.63) is 52.1 Å². The molecular formula is C16H16F2N4O3. The maximum atomic E-state index is 14.1. The molecule has 9 heteroatoms. The van der Waals surface area contributed by atoms with Gasteiger partial charge in [-0.15, -0.1) is 0 Å². The highest BCUT2D eigenvalue weighted by molar-refractivity contribution is 5.76. The first-order valence-electron chi connectivity index (χ1n) is 7.65. The fraction of sp³-hybridized carbons (Fsp3) is 0.312. The summed E-state index contributed by atoms with van der Waals surface area (Å²) >= 11 is 0. The van der Waals surface area contributed by atoms with Crippen molar-refractivity contribution in [2.75, 3.05) is 31.2 Å².